The number of likely N-dealkylation sites (tertiary alicyclic amines) is 1. The average Bonchev–Trinajstić information content (AvgIpc) is 3.03. The van der Waals surface area contributed by atoms with E-state index in [2.05, 4.69) is 4.98 Å². The van der Waals surface area contributed by atoms with E-state index in [-0.39, 0.29) is 23.5 Å². The van der Waals surface area contributed by atoms with E-state index >= 15 is 0 Å². The van der Waals surface area contributed by atoms with Crippen LogP contribution in [-0.2, 0) is 10.2 Å². The molecule has 1 aliphatic carbocycles. The smallest absolute Gasteiger partial charge is 0.410 e. The van der Waals surface area contributed by atoms with E-state index in [1.54, 1.807) is 18.1 Å². The van der Waals surface area contributed by atoms with Gasteiger partial charge >= 0.3 is 6.09 Å². The highest BCUT2D eigenvalue weighted by molar-refractivity contribution is 5.70. The standard InChI is InChI=1S/C17H24N2O4/c1-15(2,3)23-14(21)19-9-16(11-20)8-17(16,10-19)12-6-5-7-13(18-12)22-4/h5-7,20H,8-11H2,1-4H3. The third-order valence-corrected chi connectivity index (χ3v) is 4.86. The highest BCUT2D eigenvalue weighted by Crippen LogP contribution is 2.68. The first kappa shape index (κ1) is 16.1. The molecule has 1 aromatic heterocycles. The lowest BCUT2D eigenvalue weighted by Crippen LogP contribution is -2.38. The Morgan fingerprint density at radius 1 is 1.39 bits per heavy atom. The molecule has 2 heterocycles. The molecule has 1 N–H and O–H groups in total. The number of methoxy groups -OCH3 is 1. The van der Waals surface area contributed by atoms with E-state index in [4.69, 9.17) is 9.47 Å². The van der Waals surface area contributed by atoms with E-state index in [1.165, 1.54) is 0 Å². The Balaban J connectivity index is 1.85. The predicted octanol–water partition coefficient (Wildman–Crippen LogP) is 1.96. The number of aliphatic hydroxyl groups excluding tert-OH is 1. The van der Waals surface area contributed by atoms with Gasteiger partial charge in [-0.15, -0.1) is 0 Å². The maximum absolute atomic E-state index is 12.4. The van der Waals surface area contributed by atoms with E-state index < -0.39 is 5.60 Å². The molecule has 1 saturated heterocycles. The Hall–Kier alpha value is -1.82. The van der Waals surface area contributed by atoms with Gasteiger partial charge in [0.15, 0.2) is 0 Å². The molecule has 2 fully saturated rings. The third-order valence-electron chi connectivity index (χ3n) is 4.86. The summed E-state index contributed by atoms with van der Waals surface area (Å²) in [5.41, 5.74) is -0.273. The summed E-state index contributed by atoms with van der Waals surface area (Å²) in [6.45, 7) is 6.60. The van der Waals surface area contributed by atoms with Crippen molar-refractivity contribution in [3.8, 4) is 5.88 Å². The van der Waals surface area contributed by atoms with Crippen molar-refractivity contribution in [3.63, 3.8) is 0 Å². The van der Waals surface area contributed by atoms with Crippen molar-refractivity contribution < 1.29 is 19.4 Å². The summed E-state index contributed by atoms with van der Waals surface area (Å²) in [6.07, 6.45) is 0.496. The Morgan fingerprint density at radius 3 is 2.74 bits per heavy atom. The van der Waals surface area contributed by atoms with E-state index in [1.807, 2.05) is 32.9 Å². The minimum atomic E-state index is -0.530. The zero-order valence-electron chi connectivity index (χ0n) is 14.1. The zero-order chi connectivity index (χ0) is 16.9. The second-order valence-corrected chi connectivity index (χ2v) is 7.60. The summed E-state index contributed by atoms with van der Waals surface area (Å²) in [5, 5.41) is 9.91. The van der Waals surface area contributed by atoms with Gasteiger partial charge in [0.2, 0.25) is 5.88 Å². The molecule has 0 aromatic carbocycles. The van der Waals surface area contributed by atoms with E-state index in [0.29, 0.717) is 19.0 Å². The number of carbonyl (C=O) groups is 1. The molecule has 3 rings (SSSR count). The molecule has 23 heavy (non-hydrogen) atoms. The van der Waals surface area contributed by atoms with Crippen LogP contribution in [0.15, 0.2) is 18.2 Å². The van der Waals surface area contributed by atoms with Gasteiger partial charge in [-0.2, -0.15) is 0 Å². The van der Waals surface area contributed by atoms with Gasteiger partial charge in [0.1, 0.15) is 5.60 Å². The highest BCUT2D eigenvalue weighted by Gasteiger charge is 2.74. The van der Waals surface area contributed by atoms with Gasteiger partial charge in [0.05, 0.1) is 19.4 Å². The Labute approximate surface area is 136 Å². The van der Waals surface area contributed by atoms with Gasteiger partial charge < -0.3 is 19.5 Å². The average molecular weight is 320 g/mol. The molecule has 0 bridgehead atoms. The first-order chi connectivity index (χ1) is 10.8. The maximum atomic E-state index is 12.4. The number of fused-ring (bicyclic) bond motifs is 1. The molecule has 2 unspecified atom stereocenters. The van der Waals surface area contributed by atoms with Crippen LogP contribution in [0.4, 0.5) is 4.79 Å². The largest absolute Gasteiger partial charge is 0.481 e. The van der Waals surface area contributed by atoms with Crippen molar-refractivity contribution in [2.45, 2.75) is 38.2 Å². The Bertz CT molecular complexity index is 627. The van der Waals surface area contributed by atoms with Gasteiger partial charge in [-0.3, -0.25) is 0 Å². The molecule has 1 aromatic rings. The van der Waals surface area contributed by atoms with Crippen LogP contribution in [0.5, 0.6) is 5.88 Å². The molecule has 6 heteroatoms. The number of piperidine rings is 1. The van der Waals surface area contributed by atoms with Crippen molar-refractivity contribution in [1.29, 1.82) is 0 Å². The first-order valence-electron chi connectivity index (χ1n) is 7.86. The fraction of sp³-hybridized carbons (Fsp3) is 0.647. The predicted molar refractivity (Wildman–Crippen MR) is 84.4 cm³/mol. The molecule has 1 saturated carbocycles. The number of hydrogen-bond donors (Lipinski definition) is 1. The van der Waals surface area contributed by atoms with Crippen LogP contribution in [0.1, 0.15) is 32.9 Å². The topological polar surface area (TPSA) is 71.9 Å². The van der Waals surface area contributed by atoms with Gasteiger partial charge in [0, 0.05) is 30.0 Å². The second kappa shape index (κ2) is 5.09. The monoisotopic (exact) mass is 320 g/mol. The molecule has 1 amide bonds. The summed E-state index contributed by atoms with van der Waals surface area (Å²) >= 11 is 0. The SMILES string of the molecule is COc1cccc(C23CN(C(=O)OC(C)(C)C)CC2(CO)C3)n1. The number of rotatable bonds is 3. The lowest BCUT2D eigenvalue weighted by atomic mass is 9.93. The zero-order valence-corrected chi connectivity index (χ0v) is 14.1. The summed E-state index contributed by atoms with van der Waals surface area (Å²) in [6, 6.07) is 5.63. The van der Waals surface area contributed by atoms with Gasteiger partial charge in [-0.1, -0.05) is 6.07 Å². The second-order valence-electron chi connectivity index (χ2n) is 7.60. The van der Waals surface area contributed by atoms with Crippen LogP contribution in [-0.4, -0.2) is 53.5 Å². The summed E-state index contributed by atoms with van der Waals surface area (Å²) in [4.78, 5) is 18.6. The highest BCUT2D eigenvalue weighted by atomic mass is 16.6. The number of aliphatic hydroxyl groups is 1. The number of amides is 1. The van der Waals surface area contributed by atoms with Gasteiger partial charge in [-0.25, -0.2) is 9.78 Å². The molecule has 2 aliphatic rings. The number of nitrogens with zero attached hydrogens (tertiary/aromatic N) is 2. The fourth-order valence-electron chi connectivity index (χ4n) is 3.66. The van der Waals surface area contributed by atoms with Crippen LogP contribution < -0.4 is 4.74 Å². The van der Waals surface area contributed by atoms with Crippen LogP contribution >= 0.6 is 0 Å². The van der Waals surface area contributed by atoms with Crippen LogP contribution in [0.25, 0.3) is 0 Å². The molecule has 2 atom stereocenters. The lowest BCUT2D eigenvalue weighted by Gasteiger charge is -2.26. The summed E-state index contributed by atoms with van der Waals surface area (Å²) in [5.74, 6) is 0.548. The minimum absolute atomic E-state index is 0.0329. The lowest BCUT2D eigenvalue weighted by molar-refractivity contribution is 0.0250. The molecular weight excluding hydrogens is 296 g/mol. The number of hydrogen-bond acceptors (Lipinski definition) is 5. The van der Waals surface area contributed by atoms with Crippen LogP contribution in [0.2, 0.25) is 0 Å². The molecule has 0 radical (unpaired) electrons. The van der Waals surface area contributed by atoms with Crippen LogP contribution in [0.3, 0.4) is 0 Å². The third kappa shape index (κ3) is 2.55. The quantitative estimate of drug-likeness (QED) is 0.922. The molecule has 0 spiro atoms. The summed E-state index contributed by atoms with van der Waals surface area (Å²) < 4.78 is 10.7. The molecule has 126 valence electrons. The molecule has 6 nitrogen and oxygen atoms in total. The number of carbonyl (C=O) groups excluding carboxylic acids is 1. The van der Waals surface area contributed by atoms with Crippen molar-refractivity contribution in [3.05, 3.63) is 23.9 Å². The van der Waals surface area contributed by atoms with Crippen molar-refractivity contribution in [2.24, 2.45) is 5.41 Å². The molecular formula is C17H24N2O4. The number of ether oxygens (including phenoxy) is 2. The van der Waals surface area contributed by atoms with Crippen molar-refractivity contribution in [1.82, 2.24) is 9.88 Å². The first-order valence-corrected chi connectivity index (χ1v) is 7.86. The normalized spacial score (nSPS) is 29.2. The summed E-state index contributed by atoms with van der Waals surface area (Å²) in [7, 11) is 1.58. The Kier molecular flexibility index (Phi) is 3.55. The minimum Gasteiger partial charge on any atom is -0.481 e. The number of aromatic nitrogens is 1. The Morgan fingerprint density at radius 2 is 2.13 bits per heavy atom. The van der Waals surface area contributed by atoms with Crippen molar-refractivity contribution in [2.75, 3.05) is 26.8 Å². The van der Waals surface area contributed by atoms with Crippen molar-refractivity contribution >= 4 is 6.09 Å². The number of pyridine rings is 1. The van der Waals surface area contributed by atoms with Gasteiger partial charge in [0.25, 0.3) is 0 Å². The molecule has 1 aliphatic heterocycles. The van der Waals surface area contributed by atoms with Gasteiger partial charge in [-0.05, 0) is 33.3 Å². The maximum Gasteiger partial charge on any atom is 0.410 e. The van der Waals surface area contributed by atoms with Crippen LogP contribution in [0, 0.1) is 5.41 Å². The van der Waals surface area contributed by atoms with E-state index in [9.17, 15) is 9.90 Å². The fourth-order valence-corrected chi connectivity index (χ4v) is 3.66. The van der Waals surface area contributed by atoms with E-state index in [0.717, 1.165) is 12.1 Å².